The predicted molar refractivity (Wildman–Crippen MR) is 78.6 cm³/mol. The molecule has 3 rings (SSSR count). The van der Waals surface area contributed by atoms with Crippen LogP contribution in [0.2, 0.25) is 0 Å². The summed E-state index contributed by atoms with van der Waals surface area (Å²) in [6.45, 7) is 0.970. The van der Waals surface area contributed by atoms with Crippen molar-refractivity contribution >= 4 is 0 Å². The Hall–Kier alpha value is -0.200. The predicted octanol–water partition coefficient (Wildman–Crippen LogP) is -0.0380. The lowest BCUT2D eigenvalue weighted by Gasteiger charge is -2.45. The first-order chi connectivity index (χ1) is 10.1. The Morgan fingerprint density at radius 1 is 0.810 bits per heavy atom. The molecule has 0 unspecified atom stereocenters. The number of hydrogen-bond acceptors (Lipinski definition) is 5. The van der Waals surface area contributed by atoms with E-state index in [4.69, 9.17) is 0 Å². The van der Waals surface area contributed by atoms with Crippen LogP contribution >= 0.6 is 0 Å². The van der Waals surface area contributed by atoms with Crippen LogP contribution in [0.4, 0.5) is 0 Å². The highest BCUT2D eigenvalue weighted by Gasteiger charge is 2.42. The fourth-order valence-electron chi connectivity index (χ4n) is 4.33. The Morgan fingerprint density at radius 2 is 1.38 bits per heavy atom. The van der Waals surface area contributed by atoms with Gasteiger partial charge in [0.05, 0.1) is 18.8 Å². The molecule has 2 saturated carbocycles. The maximum absolute atomic E-state index is 10.0. The summed E-state index contributed by atoms with van der Waals surface area (Å²) in [5, 5.41) is 39.1. The normalized spacial score (nSPS) is 45.7. The monoisotopic (exact) mass is 299 g/mol. The van der Waals surface area contributed by atoms with Gasteiger partial charge in [-0.05, 0) is 56.3 Å². The van der Waals surface area contributed by atoms with E-state index in [1.54, 1.807) is 0 Å². The van der Waals surface area contributed by atoms with Crippen molar-refractivity contribution in [3.8, 4) is 0 Å². The van der Waals surface area contributed by atoms with Crippen LogP contribution in [0, 0.1) is 17.8 Å². The highest BCUT2D eigenvalue weighted by atomic mass is 16.4. The molecule has 4 atom stereocenters. The molecule has 0 amide bonds. The van der Waals surface area contributed by atoms with Crippen molar-refractivity contribution < 1.29 is 20.4 Å². The number of nitrogens with zero attached hydrogens (tertiary/aromatic N) is 1. The van der Waals surface area contributed by atoms with Crippen molar-refractivity contribution in [2.45, 2.75) is 62.9 Å². The lowest BCUT2D eigenvalue weighted by atomic mass is 9.79. The fraction of sp³-hybridized carbons (Fsp3) is 1.00. The number of aliphatic hydroxyl groups is 4. The highest BCUT2D eigenvalue weighted by Crippen LogP contribution is 2.45. The summed E-state index contributed by atoms with van der Waals surface area (Å²) in [5.41, 5.74) is 0. The van der Waals surface area contributed by atoms with Gasteiger partial charge in [-0.15, -0.1) is 0 Å². The average Bonchev–Trinajstić information content (AvgIpc) is 3.31. The van der Waals surface area contributed by atoms with E-state index in [9.17, 15) is 20.4 Å². The molecule has 1 aliphatic heterocycles. The molecule has 5 nitrogen and oxygen atoms in total. The van der Waals surface area contributed by atoms with Crippen molar-refractivity contribution in [1.82, 2.24) is 4.90 Å². The van der Waals surface area contributed by atoms with E-state index in [0.29, 0.717) is 12.5 Å². The maximum Gasteiger partial charge on any atom is 0.109 e. The van der Waals surface area contributed by atoms with E-state index in [-0.39, 0.29) is 6.61 Å². The Morgan fingerprint density at radius 3 is 1.90 bits per heavy atom. The molecule has 0 spiro atoms. The van der Waals surface area contributed by atoms with Gasteiger partial charge >= 0.3 is 0 Å². The molecule has 1 saturated heterocycles. The number of piperidine rings is 1. The molecule has 5 heteroatoms. The molecule has 4 N–H and O–H groups in total. The van der Waals surface area contributed by atoms with Gasteiger partial charge in [0.2, 0.25) is 0 Å². The standard InChI is InChI=1S/C16H29NO4/c18-9-13-15(20)16(21)14(19)8-17(13)7-10-1-3-11(4-2-10)12-5-6-12/h10-16,18-21H,1-9H2/t10?,11?,13-,14+,15-,16-/m1/s1. The highest BCUT2D eigenvalue weighted by molar-refractivity contribution is 4.95. The first kappa shape index (κ1) is 15.7. The third-order valence-corrected chi connectivity index (χ3v) is 5.89. The van der Waals surface area contributed by atoms with Crippen LogP contribution in [0.5, 0.6) is 0 Å². The second kappa shape index (κ2) is 6.50. The molecule has 0 aromatic heterocycles. The van der Waals surface area contributed by atoms with Gasteiger partial charge in [0, 0.05) is 13.1 Å². The van der Waals surface area contributed by atoms with Gasteiger partial charge in [0.1, 0.15) is 12.2 Å². The molecular weight excluding hydrogens is 270 g/mol. The number of β-amino-alcohol motifs (C(OH)–C–C–N with tert-alkyl or cyclic N) is 1. The van der Waals surface area contributed by atoms with E-state index in [1.807, 2.05) is 4.90 Å². The second-order valence-corrected chi connectivity index (χ2v) is 7.37. The molecule has 3 fully saturated rings. The van der Waals surface area contributed by atoms with Gasteiger partial charge in [-0.1, -0.05) is 0 Å². The zero-order valence-electron chi connectivity index (χ0n) is 12.6. The lowest BCUT2D eigenvalue weighted by molar-refractivity contribution is -0.148. The van der Waals surface area contributed by atoms with Crippen molar-refractivity contribution in [3.63, 3.8) is 0 Å². The van der Waals surface area contributed by atoms with Crippen LogP contribution in [-0.2, 0) is 0 Å². The zero-order valence-corrected chi connectivity index (χ0v) is 12.6. The molecular formula is C16H29NO4. The molecule has 21 heavy (non-hydrogen) atoms. The quantitative estimate of drug-likeness (QED) is 0.585. The maximum atomic E-state index is 10.0. The first-order valence-electron chi connectivity index (χ1n) is 8.49. The molecule has 2 aliphatic carbocycles. The van der Waals surface area contributed by atoms with E-state index in [1.165, 1.54) is 38.5 Å². The van der Waals surface area contributed by atoms with Crippen LogP contribution in [0.25, 0.3) is 0 Å². The van der Waals surface area contributed by atoms with Crippen molar-refractivity contribution in [1.29, 1.82) is 0 Å². The molecule has 122 valence electrons. The third kappa shape index (κ3) is 3.42. The van der Waals surface area contributed by atoms with E-state index in [0.717, 1.165) is 18.4 Å². The van der Waals surface area contributed by atoms with Gasteiger partial charge in [-0.3, -0.25) is 4.90 Å². The van der Waals surface area contributed by atoms with Crippen LogP contribution < -0.4 is 0 Å². The minimum absolute atomic E-state index is 0.178. The van der Waals surface area contributed by atoms with E-state index < -0.39 is 24.4 Å². The number of likely N-dealkylation sites (tertiary alicyclic amines) is 1. The second-order valence-electron chi connectivity index (χ2n) is 7.37. The minimum atomic E-state index is -1.15. The summed E-state index contributed by atoms with van der Waals surface area (Å²) in [6.07, 6.45) is 4.74. The van der Waals surface area contributed by atoms with Gasteiger partial charge in [0.25, 0.3) is 0 Å². The number of aliphatic hydroxyl groups excluding tert-OH is 4. The van der Waals surface area contributed by atoms with Crippen LogP contribution in [0.3, 0.4) is 0 Å². The topological polar surface area (TPSA) is 84.2 Å². The van der Waals surface area contributed by atoms with Crippen molar-refractivity contribution in [2.75, 3.05) is 19.7 Å². The molecule has 3 aliphatic rings. The van der Waals surface area contributed by atoms with Crippen LogP contribution in [-0.4, -0.2) is 69.4 Å². The summed E-state index contributed by atoms with van der Waals surface area (Å²) in [4.78, 5) is 1.98. The minimum Gasteiger partial charge on any atom is -0.395 e. The van der Waals surface area contributed by atoms with Crippen LogP contribution in [0.1, 0.15) is 38.5 Å². The Bertz CT molecular complexity index is 341. The molecule has 0 aromatic rings. The number of hydrogen-bond donors (Lipinski definition) is 4. The van der Waals surface area contributed by atoms with E-state index >= 15 is 0 Å². The lowest BCUT2D eigenvalue weighted by Crippen LogP contribution is -2.63. The number of rotatable bonds is 4. The van der Waals surface area contributed by atoms with Gasteiger partial charge in [0.15, 0.2) is 0 Å². The Kier molecular flexibility index (Phi) is 4.86. The summed E-state index contributed by atoms with van der Waals surface area (Å²) in [5.74, 6) is 2.50. The average molecular weight is 299 g/mol. The molecule has 0 bridgehead atoms. The fourth-order valence-corrected chi connectivity index (χ4v) is 4.33. The SMILES string of the molecule is OC[C@@H]1[C@@H](O)[C@H](O)[C@@H](O)CN1CC1CCC(C2CC2)CC1. The molecule has 0 aromatic carbocycles. The summed E-state index contributed by atoms with van der Waals surface area (Å²) >= 11 is 0. The van der Waals surface area contributed by atoms with Gasteiger partial charge < -0.3 is 20.4 Å². The molecule has 1 heterocycles. The summed E-state index contributed by atoms with van der Waals surface area (Å²) < 4.78 is 0. The zero-order chi connectivity index (χ0) is 15.0. The van der Waals surface area contributed by atoms with E-state index in [2.05, 4.69) is 0 Å². The van der Waals surface area contributed by atoms with Crippen LogP contribution in [0.15, 0.2) is 0 Å². The van der Waals surface area contributed by atoms with Crippen molar-refractivity contribution in [3.05, 3.63) is 0 Å². The van der Waals surface area contributed by atoms with Gasteiger partial charge in [-0.2, -0.15) is 0 Å². The molecule has 0 radical (unpaired) electrons. The third-order valence-electron chi connectivity index (χ3n) is 5.89. The summed E-state index contributed by atoms with van der Waals surface area (Å²) in [6, 6.07) is -0.454. The van der Waals surface area contributed by atoms with Gasteiger partial charge in [-0.25, -0.2) is 0 Å². The van der Waals surface area contributed by atoms with Crippen molar-refractivity contribution in [2.24, 2.45) is 17.8 Å². The first-order valence-corrected chi connectivity index (χ1v) is 8.49. The summed E-state index contributed by atoms with van der Waals surface area (Å²) in [7, 11) is 0. The largest absolute Gasteiger partial charge is 0.395 e. The Labute approximate surface area is 126 Å². The smallest absolute Gasteiger partial charge is 0.109 e. The Balaban J connectivity index is 1.53.